The number of esters is 1. The average Bonchev–Trinajstić information content (AvgIpc) is 2.69. The molecule has 25 heavy (non-hydrogen) atoms. The number of ether oxygens (including phenoxy) is 1. The Kier molecular flexibility index (Phi) is 5.37. The first-order valence-corrected chi connectivity index (χ1v) is 8.10. The topological polar surface area (TPSA) is 43.4 Å². The van der Waals surface area contributed by atoms with Crippen LogP contribution in [0.2, 0.25) is 0 Å². The van der Waals surface area contributed by atoms with Gasteiger partial charge in [0, 0.05) is 0 Å². The summed E-state index contributed by atoms with van der Waals surface area (Å²) in [7, 11) is 0. The predicted molar refractivity (Wildman–Crippen MR) is 96.1 cm³/mol. The van der Waals surface area contributed by atoms with E-state index in [1.165, 1.54) is 0 Å². The molecule has 124 valence electrons. The molecular weight excluding hydrogens is 312 g/mol. The minimum Gasteiger partial charge on any atom is -0.452 e. The molecule has 0 aromatic heterocycles. The molecule has 1 atom stereocenters. The van der Waals surface area contributed by atoms with Crippen molar-refractivity contribution >= 4 is 12.3 Å². The van der Waals surface area contributed by atoms with Gasteiger partial charge in [0.05, 0.1) is 0 Å². The maximum absolute atomic E-state index is 12.7. The van der Waals surface area contributed by atoms with Gasteiger partial charge in [-0.2, -0.15) is 0 Å². The van der Waals surface area contributed by atoms with Gasteiger partial charge in [-0.15, -0.1) is 0 Å². The van der Waals surface area contributed by atoms with Crippen LogP contribution in [-0.2, 0) is 14.3 Å². The molecule has 3 aromatic carbocycles. The van der Waals surface area contributed by atoms with Gasteiger partial charge in [0.1, 0.15) is 12.2 Å². The van der Waals surface area contributed by atoms with Crippen molar-refractivity contribution in [1.29, 1.82) is 0 Å². The van der Waals surface area contributed by atoms with Gasteiger partial charge in [-0.3, -0.25) is 4.79 Å². The van der Waals surface area contributed by atoms with E-state index in [-0.39, 0.29) is 0 Å². The Morgan fingerprint density at radius 2 is 1.08 bits per heavy atom. The summed E-state index contributed by atoms with van der Waals surface area (Å²) < 4.78 is 5.76. The SMILES string of the molecule is O=CC(C(=O)OC(c1ccccc1)c1ccccc1)c1ccccc1. The first kappa shape index (κ1) is 16.7. The summed E-state index contributed by atoms with van der Waals surface area (Å²) >= 11 is 0. The molecule has 0 fully saturated rings. The van der Waals surface area contributed by atoms with Crippen molar-refractivity contribution in [3.05, 3.63) is 108 Å². The monoisotopic (exact) mass is 330 g/mol. The number of rotatable bonds is 6. The fourth-order valence-electron chi connectivity index (χ4n) is 2.70. The van der Waals surface area contributed by atoms with Crippen molar-refractivity contribution in [3.63, 3.8) is 0 Å². The Balaban J connectivity index is 1.90. The highest BCUT2D eigenvalue weighted by Gasteiger charge is 2.26. The molecule has 3 nitrogen and oxygen atoms in total. The molecule has 0 aliphatic rings. The third-order valence-corrected chi connectivity index (χ3v) is 3.99. The fourth-order valence-corrected chi connectivity index (χ4v) is 2.70. The standard InChI is InChI=1S/C22H18O3/c23-16-20(17-10-4-1-5-11-17)22(24)25-21(18-12-6-2-7-13-18)19-14-8-3-9-15-19/h1-16,20-21H. The van der Waals surface area contributed by atoms with Crippen LogP contribution < -0.4 is 0 Å². The number of hydrogen-bond donors (Lipinski definition) is 0. The predicted octanol–water partition coefficient (Wildman–Crippen LogP) is 4.30. The van der Waals surface area contributed by atoms with Crippen LogP contribution in [0.3, 0.4) is 0 Å². The second kappa shape index (κ2) is 8.06. The quantitative estimate of drug-likeness (QED) is 0.384. The van der Waals surface area contributed by atoms with E-state index in [2.05, 4.69) is 0 Å². The van der Waals surface area contributed by atoms with Gasteiger partial charge < -0.3 is 9.53 Å². The summed E-state index contributed by atoms with van der Waals surface area (Å²) in [4.78, 5) is 24.2. The molecule has 0 amide bonds. The normalized spacial score (nSPS) is 11.7. The van der Waals surface area contributed by atoms with Crippen LogP contribution in [-0.4, -0.2) is 12.3 Å². The van der Waals surface area contributed by atoms with Gasteiger partial charge in [0.15, 0.2) is 6.10 Å². The summed E-state index contributed by atoms with van der Waals surface area (Å²) in [6.45, 7) is 0. The highest BCUT2D eigenvalue weighted by molar-refractivity contribution is 5.94. The molecule has 3 heteroatoms. The molecule has 0 saturated carbocycles. The lowest BCUT2D eigenvalue weighted by Crippen LogP contribution is -2.20. The van der Waals surface area contributed by atoms with Gasteiger partial charge in [-0.05, 0) is 16.7 Å². The maximum Gasteiger partial charge on any atom is 0.321 e. The highest BCUT2D eigenvalue weighted by Crippen LogP contribution is 2.28. The van der Waals surface area contributed by atoms with Gasteiger partial charge in [-0.25, -0.2) is 0 Å². The molecule has 0 aliphatic carbocycles. The van der Waals surface area contributed by atoms with E-state index in [1.807, 2.05) is 66.7 Å². The van der Waals surface area contributed by atoms with Crippen LogP contribution in [0.5, 0.6) is 0 Å². The van der Waals surface area contributed by atoms with Crippen LogP contribution in [0.1, 0.15) is 28.7 Å². The molecular formula is C22H18O3. The molecule has 0 bridgehead atoms. The Bertz CT molecular complexity index is 774. The first-order chi connectivity index (χ1) is 12.3. The lowest BCUT2D eigenvalue weighted by Gasteiger charge is -2.21. The minimum atomic E-state index is -0.934. The van der Waals surface area contributed by atoms with E-state index in [0.29, 0.717) is 11.8 Å². The summed E-state index contributed by atoms with van der Waals surface area (Å²) in [5.74, 6) is -1.49. The van der Waals surface area contributed by atoms with E-state index < -0.39 is 18.0 Å². The number of aldehydes is 1. The zero-order chi connectivity index (χ0) is 17.5. The van der Waals surface area contributed by atoms with Crippen LogP contribution in [0.4, 0.5) is 0 Å². The molecule has 0 radical (unpaired) electrons. The fraction of sp³-hybridized carbons (Fsp3) is 0.0909. The zero-order valence-corrected chi connectivity index (χ0v) is 13.6. The summed E-state index contributed by atoms with van der Waals surface area (Å²) in [6, 6.07) is 28.0. The number of carbonyl (C=O) groups is 2. The van der Waals surface area contributed by atoms with E-state index in [4.69, 9.17) is 4.74 Å². The molecule has 0 saturated heterocycles. The molecule has 3 rings (SSSR count). The van der Waals surface area contributed by atoms with Crippen LogP contribution in [0, 0.1) is 0 Å². The maximum atomic E-state index is 12.7. The van der Waals surface area contributed by atoms with Crippen molar-refractivity contribution in [1.82, 2.24) is 0 Å². The Morgan fingerprint density at radius 3 is 1.48 bits per heavy atom. The summed E-state index contributed by atoms with van der Waals surface area (Å²) in [5.41, 5.74) is 2.35. The van der Waals surface area contributed by atoms with Crippen LogP contribution in [0.25, 0.3) is 0 Å². The Morgan fingerprint density at radius 1 is 0.680 bits per heavy atom. The van der Waals surface area contributed by atoms with Gasteiger partial charge in [0.2, 0.25) is 0 Å². The van der Waals surface area contributed by atoms with Crippen molar-refractivity contribution in [2.75, 3.05) is 0 Å². The molecule has 1 unspecified atom stereocenters. The third-order valence-electron chi connectivity index (χ3n) is 3.99. The second-order valence-electron chi connectivity index (χ2n) is 5.66. The van der Waals surface area contributed by atoms with Gasteiger partial charge >= 0.3 is 5.97 Å². The number of hydrogen-bond acceptors (Lipinski definition) is 3. The molecule has 0 spiro atoms. The lowest BCUT2D eigenvalue weighted by molar-refractivity contribution is -0.150. The highest BCUT2D eigenvalue weighted by atomic mass is 16.5. The average molecular weight is 330 g/mol. The van der Waals surface area contributed by atoms with Crippen molar-refractivity contribution in [2.24, 2.45) is 0 Å². The third kappa shape index (κ3) is 4.01. The number of benzene rings is 3. The lowest BCUT2D eigenvalue weighted by atomic mass is 9.99. The van der Waals surface area contributed by atoms with Gasteiger partial charge in [-0.1, -0.05) is 91.0 Å². The Hall–Kier alpha value is -3.20. The molecule has 0 heterocycles. The summed E-state index contributed by atoms with van der Waals surface area (Å²) in [5, 5.41) is 0. The van der Waals surface area contributed by atoms with Crippen molar-refractivity contribution in [3.8, 4) is 0 Å². The summed E-state index contributed by atoms with van der Waals surface area (Å²) in [6.07, 6.45) is 0.0751. The zero-order valence-electron chi connectivity index (χ0n) is 13.6. The number of carbonyl (C=O) groups excluding carboxylic acids is 2. The Labute approximate surface area is 146 Å². The molecule has 3 aromatic rings. The van der Waals surface area contributed by atoms with E-state index >= 15 is 0 Å². The van der Waals surface area contributed by atoms with Crippen LogP contribution >= 0.6 is 0 Å². The smallest absolute Gasteiger partial charge is 0.321 e. The molecule has 0 aliphatic heterocycles. The van der Waals surface area contributed by atoms with Crippen molar-refractivity contribution < 1.29 is 14.3 Å². The van der Waals surface area contributed by atoms with E-state index in [0.717, 1.165) is 11.1 Å². The largest absolute Gasteiger partial charge is 0.452 e. The first-order valence-electron chi connectivity index (χ1n) is 8.10. The van der Waals surface area contributed by atoms with E-state index in [9.17, 15) is 9.59 Å². The van der Waals surface area contributed by atoms with E-state index in [1.54, 1.807) is 24.3 Å². The van der Waals surface area contributed by atoms with Crippen molar-refractivity contribution in [2.45, 2.75) is 12.0 Å². The minimum absolute atomic E-state index is 0.555. The second-order valence-corrected chi connectivity index (χ2v) is 5.66. The van der Waals surface area contributed by atoms with Gasteiger partial charge in [0.25, 0.3) is 0 Å². The molecule has 0 N–H and O–H groups in total. The van der Waals surface area contributed by atoms with Crippen LogP contribution in [0.15, 0.2) is 91.0 Å².